The molecule has 1 unspecified atom stereocenters. The lowest BCUT2D eigenvalue weighted by Crippen LogP contribution is -2.35. The standard InChI is InChI=1S/C29H38N2O6/c1-6-8-18-37-23-14-11-21(19-24(23)35-5)26-25(28(33)29(34)31(26)16-15-30(3)4)27(32)20-9-12-22(13-10-20)36-17-7-2/h9-14,19,26,32H,6-8,15-18H2,1-5H3/b27-25+. The van der Waals surface area contributed by atoms with Crippen molar-refractivity contribution in [3.63, 3.8) is 0 Å². The Morgan fingerprint density at radius 2 is 1.70 bits per heavy atom. The monoisotopic (exact) mass is 510 g/mol. The first-order chi connectivity index (χ1) is 17.8. The Bertz CT molecular complexity index is 1110. The summed E-state index contributed by atoms with van der Waals surface area (Å²) in [5, 5.41) is 11.3. The lowest BCUT2D eigenvalue weighted by atomic mass is 9.95. The molecule has 0 spiro atoms. The fraction of sp³-hybridized carbons (Fsp3) is 0.448. The number of amides is 1. The van der Waals surface area contributed by atoms with E-state index in [1.807, 2.05) is 32.0 Å². The van der Waals surface area contributed by atoms with Crippen LogP contribution in [0, 0.1) is 0 Å². The molecular formula is C29H38N2O6. The van der Waals surface area contributed by atoms with Crippen LogP contribution in [0.25, 0.3) is 5.76 Å². The highest BCUT2D eigenvalue weighted by Gasteiger charge is 2.46. The van der Waals surface area contributed by atoms with Crippen LogP contribution in [0.5, 0.6) is 17.2 Å². The molecule has 0 radical (unpaired) electrons. The zero-order chi connectivity index (χ0) is 26.9. The van der Waals surface area contributed by atoms with Crippen LogP contribution in [0.3, 0.4) is 0 Å². The molecule has 2 aromatic carbocycles. The van der Waals surface area contributed by atoms with Crippen molar-refractivity contribution in [2.24, 2.45) is 0 Å². The number of nitrogens with zero attached hydrogens (tertiary/aromatic N) is 2. The molecule has 1 amide bonds. The van der Waals surface area contributed by atoms with Crippen molar-refractivity contribution in [2.45, 2.75) is 39.2 Å². The molecule has 200 valence electrons. The predicted octanol–water partition coefficient (Wildman–Crippen LogP) is 4.65. The number of aliphatic hydroxyl groups excluding tert-OH is 1. The van der Waals surface area contributed by atoms with Crippen molar-refractivity contribution < 1.29 is 28.9 Å². The van der Waals surface area contributed by atoms with Crippen molar-refractivity contribution >= 4 is 17.4 Å². The highest BCUT2D eigenvalue weighted by molar-refractivity contribution is 6.46. The van der Waals surface area contributed by atoms with E-state index in [1.54, 1.807) is 43.5 Å². The number of hydrogen-bond acceptors (Lipinski definition) is 7. The summed E-state index contributed by atoms with van der Waals surface area (Å²) in [4.78, 5) is 29.9. The molecule has 37 heavy (non-hydrogen) atoms. The van der Waals surface area contributed by atoms with Gasteiger partial charge in [-0.1, -0.05) is 26.3 Å². The number of ether oxygens (including phenoxy) is 3. The van der Waals surface area contributed by atoms with Gasteiger partial charge in [0.2, 0.25) is 0 Å². The van der Waals surface area contributed by atoms with Crippen LogP contribution >= 0.6 is 0 Å². The van der Waals surface area contributed by atoms with Crippen LogP contribution in [0.4, 0.5) is 0 Å². The number of rotatable bonds is 13. The maximum absolute atomic E-state index is 13.3. The molecule has 2 aromatic rings. The van der Waals surface area contributed by atoms with Crippen LogP contribution in [-0.4, -0.2) is 74.1 Å². The maximum atomic E-state index is 13.3. The molecule has 8 heteroatoms. The first-order valence-electron chi connectivity index (χ1n) is 12.8. The van der Waals surface area contributed by atoms with Gasteiger partial charge in [0, 0.05) is 18.7 Å². The number of unbranched alkanes of at least 4 members (excludes halogenated alkanes) is 1. The molecule has 1 heterocycles. The number of methoxy groups -OCH3 is 1. The molecule has 0 saturated carbocycles. The lowest BCUT2D eigenvalue weighted by Gasteiger charge is -2.27. The molecular weight excluding hydrogens is 472 g/mol. The van der Waals surface area contributed by atoms with Gasteiger partial charge in [0.25, 0.3) is 11.7 Å². The van der Waals surface area contributed by atoms with Gasteiger partial charge in [0.05, 0.1) is 31.9 Å². The topological polar surface area (TPSA) is 88.5 Å². The molecule has 0 bridgehead atoms. The second-order valence-corrected chi connectivity index (χ2v) is 9.28. The first kappa shape index (κ1) is 28.1. The minimum absolute atomic E-state index is 0.0488. The van der Waals surface area contributed by atoms with E-state index in [9.17, 15) is 14.7 Å². The van der Waals surface area contributed by atoms with Crippen LogP contribution < -0.4 is 14.2 Å². The zero-order valence-corrected chi connectivity index (χ0v) is 22.5. The highest BCUT2D eigenvalue weighted by atomic mass is 16.5. The van der Waals surface area contributed by atoms with Crippen molar-refractivity contribution in [1.29, 1.82) is 0 Å². The van der Waals surface area contributed by atoms with E-state index in [0.29, 0.717) is 54.7 Å². The number of Topliss-reactive ketones (excluding diaryl/α,β-unsaturated/α-hetero) is 1. The number of ketones is 1. The van der Waals surface area contributed by atoms with E-state index in [-0.39, 0.29) is 11.3 Å². The third kappa shape index (κ3) is 6.63. The minimum Gasteiger partial charge on any atom is -0.507 e. The second kappa shape index (κ2) is 13.1. The second-order valence-electron chi connectivity index (χ2n) is 9.28. The van der Waals surface area contributed by atoms with Gasteiger partial charge in [-0.15, -0.1) is 0 Å². The summed E-state index contributed by atoms with van der Waals surface area (Å²) in [5.41, 5.74) is 1.14. The fourth-order valence-electron chi connectivity index (χ4n) is 4.15. The third-order valence-electron chi connectivity index (χ3n) is 6.19. The average Bonchev–Trinajstić information content (AvgIpc) is 3.15. The molecule has 1 aliphatic heterocycles. The Morgan fingerprint density at radius 1 is 0.973 bits per heavy atom. The summed E-state index contributed by atoms with van der Waals surface area (Å²) in [7, 11) is 5.36. The van der Waals surface area contributed by atoms with Crippen molar-refractivity contribution in [3.8, 4) is 17.2 Å². The zero-order valence-electron chi connectivity index (χ0n) is 22.5. The number of carbonyl (C=O) groups is 2. The van der Waals surface area contributed by atoms with Gasteiger partial charge in [0.1, 0.15) is 11.5 Å². The Morgan fingerprint density at radius 3 is 2.32 bits per heavy atom. The van der Waals surface area contributed by atoms with Crippen molar-refractivity contribution in [3.05, 3.63) is 59.2 Å². The smallest absolute Gasteiger partial charge is 0.295 e. The highest BCUT2D eigenvalue weighted by Crippen LogP contribution is 2.42. The van der Waals surface area contributed by atoms with Crippen LogP contribution in [0.15, 0.2) is 48.0 Å². The SMILES string of the molecule is CCCCOc1ccc(C2/C(=C(\O)c3ccc(OCCC)cc3)C(=O)C(=O)N2CCN(C)C)cc1OC. The molecule has 8 nitrogen and oxygen atoms in total. The van der Waals surface area contributed by atoms with Crippen LogP contribution in [0.1, 0.15) is 50.3 Å². The minimum atomic E-state index is -0.769. The Labute approximate surface area is 219 Å². The molecule has 0 aromatic heterocycles. The summed E-state index contributed by atoms with van der Waals surface area (Å²) in [5.74, 6) is 0.190. The van der Waals surface area contributed by atoms with E-state index < -0.39 is 17.7 Å². The van der Waals surface area contributed by atoms with Crippen LogP contribution in [-0.2, 0) is 9.59 Å². The van der Waals surface area contributed by atoms with Gasteiger partial charge in [-0.3, -0.25) is 9.59 Å². The summed E-state index contributed by atoms with van der Waals surface area (Å²) in [6.07, 6.45) is 2.80. The van der Waals surface area contributed by atoms with E-state index in [2.05, 4.69) is 6.92 Å². The molecule has 1 fully saturated rings. The van der Waals surface area contributed by atoms with Gasteiger partial charge in [-0.2, -0.15) is 0 Å². The van der Waals surface area contributed by atoms with E-state index in [4.69, 9.17) is 14.2 Å². The van der Waals surface area contributed by atoms with Gasteiger partial charge < -0.3 is 29.1 Å². The Hall–Kier alpha value is -3.52. The van der Waals surface area contributed by atoms with E-state index in [1.165, 1.54) is 4.90 Å². The largest absolute Gasteiger partial charge is 0.507 e. The van der Waals surface area contributed by atoms with Gasteiger partial charge in [-0.05, 0) is 68.9 Å². The van der Waals surface area contributed by atoms with Crippen molar-refractivity contribution in [1.82, 2.24) is 9.80 Å². The van der Waals surface area contributed by atoms with Gasteiger partial charge in [-0.25, -0.2) is 0 Å². The Kier molecular flexibility index (Phi) is 9.97. The Balaban J connectivity index is 2.06. The summed E-state index contributed by atoms with van der Waals surface area (Å²) >= 11 is 0. The first-order valence-corrected chi connectivity index (χ1v) is 12.8. The number of benzene rings is 2. The number of likely N-dealkylation sites (N-methyl/N-ethyl adjacent to an activating group) is 1. The molecule has 3 rings (SSSR count). The summed E-state index contributed by atoms with van der Waals surface area (Å²) in [6, 6.07) is 11.5. The molecule has 1 saturated heterocycles. The molecule has 1 N–H and O–H groups in total. The number of carbonyl (C=O) groups excluding carboxylic acids is 2. The predicted molar refractivity (Wildman–Crippen MR) is 143 cm³/mol. The van der Waals surface area contributed by atoms with Gasteiger partial charge in [0.15, 0.2) is 11.5 Å². The van der Waals surface area contributed by atoms with E-state index >= 15 is 0 Å². The van der Waals surface area contributed by atoms with E-state index in [0.717, 1.165) is 19.3 Å². The number of aliphatic hydroxyl groups is 1. The number of likely N-dealkylation sites (tertiary alicyclic amines) is 1. The number of hydrogen-bond donors (Lipinski definition) is 1. The summed E-state index contributed by atoms with van der Waals surface area (Å²) in [6.45, 7) is 6.14. The van der Waals surface area contributed by atoms with Gasteiger partial charge >= 0.3 is 0 Å². The lowest BCUT2D eigenvalue weighted by molar-refractivity contribution is -0.140. The molecule has 0 aliphatic carbocycles. The third-order valence-corrected chi connectivity index (χ3v) is 6.19. The normalized spacial score (nSPS) is 16.9. The maximum Gasteiger partial charge on any atom is 0.295 e. The van der Waals surface area contributed by atoms with Crippen LogP contribution in [0.2, 0.25) is 0 Å². The summed E-state index contributed by atoms with van der Waals surface area (Å²) < 4.78 is 17.1. The molecule has 1 aliphatic rings. The average molecular weight is 511 g/mol. The van der Waals surface area contributed by atoms with Crippen molar-refractivity contribution in [2.75, 3.05) is 47.5 Å². The fourth-order valence-corrected chi connectivity index (χ4v) is 4.15. The quantitative estimate of drug-likeness (QED) is 0.182. The molecule has 1 atom stereocenters.